The van der Waals surface area contributed by atoms with E-state index in [1.165, 1.54) is 19.3 Å². The van der Waals surface area contributed by atoms with Crippen LogP contribution >= 0.6 is 12.0 Å². The summed E-state index contributed by atoms with van der Waals surface area (Å²) in [5.74, 6) is 0.413. The standard InChI is InChI=1S/C21H24N4O3S/c1-3-8-19(15-23-16(2)26)29-28-27-25-21-14-17(9-7-12-22)13-20(24-21)18-10-5-4-6-11-18/h3-13,15H,14,22H2,1-2H3,(H,23,26)(H,24,25)/b8-3-,12-7-,17-9-,19-15-. The van der Waals surface area contributed by atoms with E-state index in [1.54, 1.807) is 12.2 Å². The van der Waals surface area contributed by atoms with Gasteiger partial charge in [-0.05, 0) is 36.9 Å². The zero-order valence-electron chi connectivity index (χ0n) is 16.3. The van der Waals surface area contributed by atoms with Crippen molar-refractivity contribution < 1.29 is 14.1 Å². The molecule has 0 fully saturated rings. The number of hydroxylamine groups is 1. The summed E-state index contributed by atoms with van der Waals surface area (Å²) >= 11 is 0.951. The molecular formula is C21H24N4O3S. The molecule has 2 rings (SSSR count). The van der Waals surface area contributed by atoms with Crippen molar-refractivity contribution in [3.8, 4) is 0 Å². The average molecular weight is 413 g/mol. The van der Waals surface area contributed by atoms with E-state index in [0.29, 0.717) is 17.2 Å². The van der Waals surface area contributed by atoms with Gasteiger partial charge >= 0.3 is 0 Å². The van der Waals surface area contributed by atoms with E-state index in [-0.39, 0.29) is 5.91 Å². The first-order chi connectivity index (χ1) is 14.1. The molecule has 1 heterocycles. The number of nitrogens with two attached hydrogens (primary N) is 1. The van der Waals surface area contributed by atoms with Crippen molar-refractivity contribution in [1.29, 1.82) is 0 Å². The van der Waals surface area contributed by atoms with Gasteiger partial charge in [0.2, 0.25) is 5.91 Å². The van der Waals surface area contributed by atoms with Crippen molar-refractivity contribution in [1.82, 2.24) is 10.8 Å². The molecule has 0 radical (unpaired) electrons. The minimum Gasteiger partial charge on any atom is -0.405 e. The van der Waals surface area contributed by atoms with Gasteiger partial charge in [-0.2, -0.15) is 0 Å². The molecule has 4 N–H and O–H groups in total. The first-order valence-corrected chi connectivity index (χ1v) is 9.65. The summed E-state index contributed by atoms with van der Waals surface area (Å²) in [5, 5.41) is 2.59. The van der Waals surface area contributed by atoms with Gasteiger partial charge in [0.1, 0.15) is 5.84 Å². The quantitative estimate of drug-likeness (QED) is 0.197. The van der Waals surface area contributed by atoms with Gasteiger partial charge < -0.3 is 11.1 Å². The minimum absolute atomic E-state index is 0.172. The van der Waals surface area contributed by atoms with Crippen molar-refractivity contribution in [2.75, 3.05) is 0 Å². The Hall–Kier alpha value is -3.07. The number of carbonyl (C=O) groups excluding carboxylic acids is 1. The lowest BCUT2D eigenvalue weighted by Gasteiger charge is -2.16. The monoisotopic (exact) mass is 412 g/mol. The predicted octanol–water partition coefficient (Wildman–Crippen LogP) is 3.88. The van der Waals surface area contributed by atoms with Gasteiger partial charge in [-0.3, -0.25) is 4.79 Å². The zero-order valence-corrected chi connectivity index (χ0v) is 17.1. The molecule has 1 aliphatic heterocycles. The van der Waals surface area contributed by atoms with Gasteiger partial charge in [-0.15, -0.1) is 4.33 Å². The molecule has 1 aliphatic rings. The number of nitrogens with one attached hydrogen (secondary N) is 2. The maximum atomic E-state index is 11.0. The molecule has 0 bridgehead atoms. The first-order valence-electron chi connectivity index (χ1n) is 8.90. The van der Waals surface area contributed by atoms with Crippen LogP contribution in [0.2, 0.25) is 0 Å². The Labute approximate surface area is 174 Å². The van der Waals surface area contributed by atoms with Crippen LogP contribution in [0.5, 0.6) is 0 Å². The molecule has 1 amide bonds. The molecule has 0 atom stereocenters. The Morgan fingerprint density at radius 3 is 2.79 bits per heavy atom. The second-order valence-corrected chi connectivity index (χ2v) is 6.62. The molecule has 7 nitrogen and oxygen atoms in total. The number of hydrogen-bond donors (Lipinski definition) is 3. The number of amidine groups is 1. The van der Waals surface area contributed by atoms with E-state index >= 15 is 0 Å². The van der Waals surface area contributed by atoms with Crippen molar-refractivity contribution >= 4 is 29.5 Å². The smallest absolute Gasteiger partial charge is 0.220 e. The van der Waals surface area contributed by atoms with Gasteiger partial charge in [-0.1, -0.05) is 47.5 Å². The van der Waals surface area contributed by atoms with Crippen LogP contribution in [0.1, 0.15) is 25.8 Å². The molecule has 152 valence electrons. The van der Waals surface area contributed by atoms with Gasteiger partial charge in [-0.25, -0.2) is 10.5 Å². The van der Waals surface area contributed by atoms with Crippen LogP contribution in [0.4, 0.5) is 0 Å². The number of aliphatic imine (C=N–C) groups is 1. The van der Waals surface area contributed by atoms with Crippen molar-refractivity contribution in [2.24, 2.45) is 10.7 Å². The fourth-order valence-corrected chi connectivity index (χ4v) is 2.74. The first kappa shape index (κ1) is 22.2. The summed E-state index contributed by atoms with van der Waals surface area (Å²) in [6.07, 6.45) is 12.8. The fourth-order valence-electron chi connectivity index (χ4n) is 2.30. The number of allylic oxidation sites excluding steroid dienone is 5. The molecule has 0 saturated heterocycles. The van der Waals surface area contributed by atoms with Gasteiger partial charge in [0.15, 0.2) is 0 Å². The molecule has 0 saturated carbocycles. The highest BCUT2D eigenvalue weighted by Crippen LogP contribution is 2.24. The third-order valence-corrected chi connectivity index (χ3v) is 4.09. The summed E-state index contributed by atoms with van der Waals surface area (Å²) in [6.45, 7) is 3.29. The van der Waals surface area contributed by atoms with Crippen LogP contribution in [0, 0.1) is 0 Å². The second-order valence-electron chi connectivity index (χ2n) is 5.84. The summed E-state index contributed by atoms with van der Waals surface area (Å²) in [6, 6.07) is 9.83. The number of carbonyl (C=O) groups is 1. The Morgan fingerprint density at radius 1 is 1.31 bits per heavy atom. The predicted molar refractivity (Wildman–Crippen MR) is 117 cm³/mol. The number of amides is 1. The number of benzene rings is 1. The summed E-state index contributed by atoms with van der Waals surface area (Å²) in [7, 11) is 0. The average Bonchev–Trinajstić information content (AvgIpc) is 2.74. The van der Waals surface area contributed by atoms with E-state index < -0.39 is 0 Å². The van der Waals surface area contributed by atoms with Crippen molar-refractivity contribution in [3.63, 3.8) is 0 Å². The Kier molecular flexibility index (Phi) is 9.50. The normalized spacial score (nSPS) is 16.2. The lowest BCUT2D eigenvalue weighted by Crippen LogP contribution is -2.25. The van der Waals surface area contributed by atoms with Crippen LogP contribution in [0.25, 0.3) is 5.70 Å². The third-order valence-electron chi connectivity index (χ3n) is 3.51. The molecule has 8 heteroatoms. The fraction of sp³-hybridized carbons (Fsp3) is 0.143. The van der Waals surface area contributed by atoms with Gasteiger partial charge in [0.05, 0.1) is 22.6 Å². The zero-order chi connectivity index (χ0) is 20.9. The minimum atomic E-state index is -0.172. The second kappa shape index (κ2) is 12.4. The van der Waals surface area contributed by atoms with Crippen LogP contribution in [-0.2, 0) is 14.1 Å². The lowest BCUT2D eigenvalue weighted by molar-refractivity contribution is -0.224. The lowest BCUT2D eigenvalue weighted by atomic mass is 10.0. The Bertz CT molecular complexity index is 871. The summed E-state index contributed by atoms with van der Waals surface area (Å²) in [4.78, 5) is 21.4. The Morgan fingerprint density at radius 2 is 2.10 bits per heavy atom. The van der Waals surface area contributed by atoms with Crippen molar-refractivity contribution in [3.05, 3.63) is 89.2 Å². The molecule has 0 unspecified atom stereocenters. The molecule has 0 aliphatic carbocycles. The highest BCUT2D eigenvalue weighted by atomic mass is 32.2. The highest BCUT2D eigenvalue weighted by Gasteiger charge is 2.13. The van der Waals surface area contributed by atoms with Crippen LogP contribution in [-0.4, -0.2) is 11.7 Å². The molecule has 29 heavy (non-hydrogen) atoms. The number of rotatable bonds is 8. The van der Waals surface area contributed by atoms with Gasteiger partial charge in [0.25, 0.3) is 0 Å². The van der Waals surface area contributed by atoms with E-state index in [4.69, 9.17) is 15.1 Å². The van der Waals surface area contributed by atoms with E-state index in [1.807, 2.05) is 55.5 Å². The Balaban J connectivity index is 2.01. The largest absolute Gasteiger partial charge is 0.405 e. The molecule has 0 spiro atoms. The molecular weight excluding hydrogens is 388 g/mol. The molecule has 1 aromatic carbocycles. The topological polar surface area (TPSA) is 98.0 Å². The third kappa shape index (κ3) is 8.22. The maximum absolute atomic E-state index is 11.0. The van der Waals surface area contributed by atoms with Crippen molar-refractivity contribution in [2.45, 2.75) is 20.3 Å². The van der Waals surface area contributed by atoms with Gasteiger partial charge in [0, 0.05) is 25.1 Å². The summed E-state index contributed by atoms with van der Waals surface area (Å²) in [5.41, 5.74) is 11.0. The van der Waals surface area contributed by atoms with Crippen LogP contribution in [0.3, 0.4) is 0 Å². The van der Waals surface area contributed by atoms with E-state index in [9.17, 15) is 4.79 Å². The SMILES string of the molecule is C/C=C\C(=C\NC(C)=O)SOONC1=NC(c2ccccc2)=C/C(=C/C=C\N)C1. The van der Waals surface area contributed by atoms with E-state index in [2.05, 4.69) is 15.8 Å². The number of nitrogens with zero attached hydrogens (tertiary/aromatic N) is 1. The summed E-state index contributed by atoms with van der Waals surface area (Å²) < 4.78 is 5.12. The number of hydrogen-bond acceptors (Lipinski definition) is 7. The molecule has 1 aromatic rings. The van der Waals surface area contributed by atoms with E-state index in [0.717, 1.165) is 28.9 Å². The van der Waals surface area contributed by atoms with Crippen LogP contribution in [0.15, 0.2) is 88.6 Å². The maximum Gasteiger partial charge on any atom is 0.220 e. The van der Waals surface area contributed by atoms with Crippen LogP contribution < -0.4 is 16.5 Å². The molecule has 0 aromatic heterocycles. The highest BCUT2D eigenvalue weighted by molar-refractivity contribution is 7.98.